The maximum Gasteiger partial charge on any atom is 0.308 e. The minimum Gasteiger partial charge on any atom is -0.508 e. The van der Waals surface area contributed by atoms with Crippen molar-refractivity contribution in [1.29, 1.82) is 0 Å². The molecule has 0 radical (unpaired) electrons. The van der Waals surface area contributed by atoms with Crippen LogP contribution in [-0.2, 0) is 14.4 Å². The van der Waals surface area contributed by atoms with Crippen molar-refractivity contribution in [2.45, 2.75) is 35.9 Å². The first kappa shape index (κ1) is 25.8. The number of amides is 1. The van der Waals surface area contributed by atoms with Crippen LogP contribution in [0.4, 0.5) is 0 Å². The van der Waals surface area contributed by atoms with E-state index in [1.165, 1.54) is 23.9 Å². The Kier molecular flexibility index (Phi) is 8.19. The van der Waals surface area contributed by atoms with Gasteiger partial charge in [0.05, 0.1) is 5.92 Å². The van der Waals surface area contributed by atoms with Gasteiger partial charge in [0.1, 0.15) is 17.8 Å². The van der Waals surface area contributed by atoms with E-state index in [9.17, 15) is 24.6 Å². The van der Waals surface area contributed by atoms with Crippen molar-refractivity contribution >= 4 is 29.4 Å². The van der Waals surface area contributed by atoms with Gasteiger partial charge in [-0.05, 0) is 31.5 Å². The number of nitrogens with one attached hydrogen (secondary N) is 1. The van der Waals surface area contributed by atoms with Gasteiger partial charge < -0.3 is 37.7 Å². The number of carbonyl (C=O) groups excluding carboxylic acids is 2. The summed E-state index contributed by atoms with van der Waals surface area (Å²) in [5.74, 6) is -3.00. The van der Waals surface area contributed by atoms with E-state index < -0.39 is 40.5 Å². The van der Waals surface area contributed by atoms with Crippen molar-refractivity contribution in [2.75, 3.05) is 0 Å². The predicted molar refractivity (Wildman–Crippen MR) is 103 cm³/mol. The average Bonchev–Trinajstić information content (AvgIpc) is 2.80. The van der Waals surface area contributed by atoms with Crippen molar-refractivity contribution in [2.24, 2.45) is 17.6 Å². The van der Waals surface area contributed by atoms with Gasteiger partial charge in [0.2, 0.25) is 5.91 Å². The summed E-state index contributed by atoms with van der Waals surface area (Å²) in [7, 11) is 0. The SMILES string of the molecule is CC1(C)S[C@H]2C(C(=O)[C@H]2NC(=O)[C@H](N)c2ccc(O)cc2)[C@H]1C(=O)O.O.O.O. The fraction of sp³-hybridized carbons (Fsp3) is 0.471. The molecule has 3 rings (SSSR count). The Labute approximate surface area is 165 Å². The molecule has 1 aliphatic heterocycles. The number of aliphatic carboxylic acids is 1. The normalized spacial score (nSPS) is 27.6. The number of ketones is 1. The summed E-state index contributed by atoms with van der Waals surface area (Å²) in [6.07, 6.45) is 0. The van der Waals surface area contributed by atoms with Gasteiger partial charge in [-0.3, -0.25) is 14.4 Å². The molecule has 2 aliphatic rings. The lowest BCUT2D eigenvalue weighted by Crippen LogP contribution is -2.64. The molecule has 1 aliphatic carbocycles. The first-order valence-electron chi connectivity index (χ1n) is 7.92. The zero-order valence-electron chi connectivity index (χ0n) is 15.3. The van der Waals surface area contributed by atoms with Crippen molar-refractivity contribution in [3.63, 3.8) is 0 Å². The van der Waals surface area contributed by atoms with Gasteiger partial charge >= 0.3 is 5.97 Å². The lowest BCUT2D eigenvalue weighted by molar-refractivity contribution is -0.151. The smallest absolute Gasteiger partial charge is 0.308 e. The molecule has 0 bridgehead atoms. The summed E-state index contributed by atoms with van der Waals surface area (Å²) in [6, 6.07) is 4.26. The number of carboxylic acid groups (broad SMARTS) is 1. The summed E-state index contributed by atoms with van der Waals surface area (Å²) in [5, 5.41) is 21.1. The first-order chi connectivity index (χ1) is 11.6. The molecule has 1 amide bonds. The minimum atomic E-state index is -0.982. The number of Topliss-reactive ketones (excluding diaryl/α,β-unsaturated/α-hetero) is 1. The van der Waals surface area contributed by atoms with Gasteiger partial charge in [-0.15, -0.1) is 11.8 Å². The van der Waals surface area contributed by atoms with Crippen LogP contribution in [0.5, 0.6) is 5.75 Å². The molecular formula is C17H26N2O8S. The largest absolute Gasteiger partial charge is 0.508 e. The Morgan fingerprint density at radius 1 is 1.18 bits per heavy atom. The zero-order chi connectivity index (χ0) is 18.5. The van der Waals surface area contributed by atoms with E-state index in [-0.39, 0.29) is 33.2 Å². The Hall–Kier alpha value is -2.18. The Morgan fingerprint density at radius 2 is 1.71 bits per heavy atom. The molecule has 11 heteroatoms. The number of nitrogens with two attached hydrogens (primary N) is 1. The molecule has 1 aromatic rings. The molecule has 28 heavy (non-hydrogen) atoms. The lowest BCUT2D eigenvalue weighted by Gasteiger charge is -2.39. The van der Waals surface area contributed by atoms with Crippen LogP contribution < -0.4 is 11.1 Å². The molecule has 0 spiro atoms. The fourth-order valence-corrected chi connectivity index (χ4v) is 5.52. The van der Waals surface area contributed by atoms with E-state index in [0.29, 0.717) is 5.56 Å². The maximum absolute atomic E-state index is 12.4. The summed E-state index contributed by atoms with van der Waals surface area (Å²) in [4.78, 5) is 36.3. The lowest BCUT2D eigenvalue weighted by atomic mass is 9.67. The number of phenols is 1. The molecule has 10 nitrogen and oxygen atoms in total. The van der Waals surface area contributed by atoms with Crippen LogP contribution in [-0.4, -0.2) is 60.3 Å². The molecule has 1 saturated carbocycles. The van der Waals surface area contributed by atoms with Gasteiger partial charge in [0, 0.05) is 15.9 Å². The van der Waals surface area contributed by atoms with E-state index in [4.69, 9.17) is 5.73 Å². The average molecular weight is 418 g/mol. The number of phenolic OH excluding ortho intramolecular Hbond substituents is 1. The first-order valence-corrected chi connectivity index (χ1v) is 8.80. The molecule has 1 saturated heterocycles. The van der Waals surface area contributed by atoms with Gasteiger partial charge in [-0.1, -0.05) is 12.1 Å². The third kappa shape index (κ3) is 4.13. The third-order valence-electron chi connectivity index (χ3n) is 4.96. The number of aromatic hydroxyl groups is 1. The number of rotatable bonds is 4. The molecular weight excluding hydrogens is 392 g/mol. The van der Waals surface area contributed by atoms with E-state index >= 15 is 0 Å². The number of benzene rings is 1. The molecule has 1 aromatic carbocycles. The third-order valence-corrected chi connectivity index (χ3v) is 6.66. The van der Waals surface area contributed by atoms with Crippen LogP contribution in [0.25, 0.3) is 0 Å². The van der Waals surface area contributed by atoms with Gasteiger partial charge in [-0.25, -0.2) is 0 Å². The van der Waals surface area contributed by atoms with Crippen molar-refractivity contribution in [1.82, 2.24) is 5.32 Å². The summed E-state index contributed by atoms with van der Waals surface area (Å²) >= 11 is 1.43. The van der Waals surface area contributed by atoms with Crippen LogP contribution in [0.2, 0.25) is 0 Å². The van der Waals surface area contributed by atoms with Crippen LogP contribution in [0, 0.1) is 11.8 Å². The van der Waals surface area contributed by atoms with E-state index in [2.05, 4.69) is 5.32 Å². The van der Waals surface area contributed by atoms with Gasteiger partial charge in [0.15, 0.2) is 5.78 Å². The van der Waals surface area contributed by atoms with E-state index in [0.717, 1.165) is 0 Å². The summed E-state index contributed by atoms with van der Waals surface area (Å²) < 4.78 is -0.574. The highest BCUT2D eigenvalue weighted by atomic mass is 32.2. The van der Waals surface area contributed by atoms with Gasteiger partial charge in [0.25, 0.3) is 0 Å². The maximum atomic E-state index is 12.4. The van der Waals surface area contributed by atoms with Crippen LogP contribution in [0.1, 0.15) is 25.5 Å². The van der Waals surface area contributed by atoms with Crippen LogP contribution >= 0.6 is 11.8 Å². The van der Waals surface area contributed by atoms with E-state index in [1.54, 1.807) is 12.1 Å². The monoisotopic (exact) mass is 418 g/mol. The number of hydrogen-bond donors (Lipinski definition) is 4. The second-order valence-electron chi connectivity index (χ2n) is 6.99. The van der Waals surface area contributed by atoms with Crippen molar-refractivity contribution in [3.8, 4) is 5.75 Å². The molecule has 0 aromatic heterocycles. The summed E-state index contributed by atoms with van der Waals surface area (Å²) in [5.41, 5.74) is 6.44. The van der Waals surface area contributed by atoms with Crippen LogP contribution in [0.15, 0.2) is 24.3 Å². The second-order valence-corrected chi connectivity index (χ2v) is 8.82. The number of thioether (sulfide) groups is 1. The Bertz CT molecular complexity index is 739. The highest BCUT2D eigenvalue weighted by Gasteiger charge is 2.66. The van der Waals surface area contributed by atoms with Crippen molar-refractivity contribution in [3.05, 3.63) is 29.8 Å². The molecule has 1 unspecified atom stereocenters. The number of carbonyl (C=O) groups is 3. The molecule has 158 valence electrons. The van der Waals surface area contributed by atoms with Crippen LogP contribution in [0.3, 0.4) is 0 Å². The number of fused-ring (bicyclic) bond motifs is 1. The fourth-order valence-electron chi connectivity index (χ4n) is 3.65. The molecule has 11 N–H and O–H groups in total. The highest BCUT2D eigenvalue weighted by molar-refractivity contribution is 8.01. The van der Waals surface area contributed by atoms with Gasteiger partial charge in [-0.2, -0.15) is 0 Å². The highest BCUT2D eigenvalue weighted by Crippen LogP contribution is 2.57. The van der Waals surface area contributed by atoms with Crippen molar-refractivity contribution < 1.29 is 41.0 Å². The number of hydrogen-bond acceptors (Lipinski definition) is 6. The Balaban J connectivity index is 0.00000243. The summed E-state index contributed by atoms with van der Waals surface area (Å²) in [6.45, 7) is 3.62. The topological polar surface area (TPSA) is 224 Å². The zero-order valence-corrected chi connectivity index (χ0v) is 16.1. The molecule has 1 heterocycles. The quantitative estimate of drug-likeness (QED) is 0.438. The second kappa shape index (κ2) is 8.88. The Morgan fingerprint density at radius 3 is 2.21 bits per heavy atom. The number of carboxylic acids is 1. The molecule has 5 atom stereocenters. The minimum absolute atomic E-state index is 0. The predicted octanol–water partition coefficient (Wildman–Crippen LogP) is -1.80. The van der Waals surface area contributed by atoms with E-state index in [1.807, 2.05) is 13.8 Å². The standard InChI is InChI=1S/C17H20N2O5S.3H2O/c1-17(2)10(16(23)24)9-13(21)12(14(9)25-17)19-15(22)11(18)7-3-5-8(20)6-4-7;;;/h3-6,9-12,14,20H,18H2,1-2H3,(H,19,22)(H,23,24);3*1H2/t9?,10-,11+,12+,14-;;;/m0.../s1. The molecule has 2 fully saturated rings.